The number of nitrogens with zero attached hydrogens (tertiary/aromatic N) is 6. The molecule has 1 fully saturated rings. The zero-order valence-corrected chi connectivity index (χ0v) is 19.3. The van der Waals surface area contributed by atoms with Gasteiger partial charge in [-0.15, -0.1) is 5.10 Å². The number of benzene rings is 1. The van der Waals surface area contributed by atoms with Gasteiger partial charge in [-0.3, -0.25) is 0 Å². The van der Waals surface area contributed by atoms with Crippen molar-refractivity contribution < 1.29 is 17.6 Å². The normalized spacial score (nSPS) is 15.1. The fraction of sp³-hybridized carbons (Fsp3) is 0.304. The summed E-state index contributed by atoms with van der Waals surface area (Å²) in [6, 6.07) is 7.14. The third-order valence-corrected chi connectivity index (χ3v) is 6.20. The van der Waals surface area contributed by atoms with Crippen molar-refractivity contribution in [2.75, 3.05) is 23.3 Å². The minimum Gasteiger partial charge on any atom is -0.356 e. The summed E-state index contributed by atoms with van der Waals surface area (Å²) >= 11 is 6.29. The maximum atomic E-state index is 13.5. The molecule has 5 rings (SSSR count). The largest absolute Gasteiger partial charge is 0.433 e. The first-order valence-corrected chi connectivity index (χ1v) is 11.3. The van der Waals surface area contributed by atoms with Crippen LogP contribution in [0.3, 0.4) is 0 Å². The van der Waals surface area contributed by atoms with E-state index in [1.807, 2.05) is 24.1 Å². The average Bonchev–Trinajstić information content (AvgIpc) is 3.21. The summed E-state index contributed by atoms with van der Waals surface area (Å²) in [6.07, 6.45) is -0.407. The standard InChI is InChI=1S/C23H20ClF4N7/c1-13-8-17(16-3-2-14(25)9-18(16)24)21-32-22(33-35(21)11-13)31-15-4-6-34(7-5-15)20-10-19(23(26,27)28)29-12-30-20/h2-3,8-12,15H,4-7H2,1H3,(H,31,33). The fourth-order valence-electron chi connectivity index (χ4n) is 4.20. The minimum atomic E-state index is -4.51. The highest BCUT2D eigenvalue weighted by Crippen LogP contribution is 2.33. The van der Waals surface area contributed by atoms with Crippen LogP contribution in [0.1, 0.15) is 24.1 Å². The Balaban J connectivity index is 1.32. The van der Waals surface area contributed by atoms with Gasteiger partial charge in [0.05, 0.1) is 5.02 Å². The Hall–Kier alpha value is -3.47. The maximum absolute atomic E-state index is 13.5. The third-order valence-electron chi connectivity index (χ3n) is 5.89. The summed E-state index contributed by atoms with van der Waals surface area (Å²) in [7, 11) is 0. The molecule has 1 N–H and O–H groups in total. The Morgan fingerprint density at radius 2 is 1.83 bits per heavy atom. The molecule has 7 nitrogen and oxygen atoms in total. The number of piperidine rings is 1. The van der Waals surface area contributed by atoms with Crippen molar-refractivity contribution in [1.29, 1.82) is 0 Å². The molecule has 1 aliphatic heterocycles. The lowest BCUT2D eigenvalue weighted by Crippen LogP contribution is -2.39. The number of alkyl halides is 3. The van der Waals surface area contributed by atoms with E-state index in [0.717, 1.165) is 23.5 Å². The molecule has 0 aliphatic carbocycles. The number of anilines is 2. The monoisotopic (exact) mass is 505 g/mol. The molecule has 4 heterocycles. The number of hydrogen-bond donors (Lipinski definition) is 1. The highest BCUT2D eigenvalue weighted by molar-refractivity contribution is 6.33. The van der Waals surface area contributed by atoms with Crippen LogP contribution in [0.2, 0.25) is 5.02 Å². The minimum absolute atomic E-state index is 0.0338. The summed E-state index contributed by atoms with van der Waals surface area (Å²) in [5.74, 6) is 0.261. The summed E-state index contributed by atoms with van der Waals surface area (Å²) in [4.78, 5) is 13.8. The Kier molecular flexibility index (Phi) is 5.96. The van der Waals surface area contributed by atoms with Gasteiger partial charge < -0.3 is 10.2 Å². The summed E-state index contributed by atoms with van der Waals surface area (Å²) in [6.45, 7) is 2.96. The lowest BCUT2D eigenvalue weighted by atomic mass is 10.1. The smallest absolute Gasteiger partial charge is 0.356 e. The molecule has 35 heavy (non-hydrogen) atoms. The zero-order chi connectivity index (χ0) is 24.7. The van der Waals surface area contributed by atoms with Gasteiger partial charge >= 0.3 is 6.18 Å². The van der Waals surface area contributed by atoms with Gasteiger partial charge in [0.2, 0.25) is 5.95 Å². The van der Waals surface area contributed by atoms with Gasteiger partial charge in [-0.2, -0.15) is 18.2 Å². The van der Waals surface area contributed by atoms with Crippen molar-refractivity contribution in [2.45, 2.75) is 32.0 Å². The van der Waals surface area contributed by atoms with Crippen molar-refractivity contribution >= 4 is 29.0 Å². The van der Waals surface area contributed by atoms with Crippen LogP contribution in [0.5, 0.6) is 0 Å². The average molecular weight is 506 g/mol. The zero-order valence-electron chi connectivity index (χ0n) is 18.5. The van der Waals surface area contributed by atoms with Crippen LogP contribution in [-0.2, 0) is 6.18 Å². The lowest BCUT2D eigenvalue weighted by Gasteiger charge is -2.33. The van der Waals surface area contributed by atoms with Crippen LogP contribution in [0.25, 0.3) is 16.8 Å². The van der Waals surface area contributed by atoms with Crippen LogP contribution in [0.15, 0.2) is 42.9 Å². The molecule has 0 bridgehead atoms. The number of fused-ring (bicyclic) bond motifs is 1. The van der Waals surface area contributed by atoms with Crippen molar-refractivity contribution in [3.05, 3.63) is 65.0 Å². The summed E-state index contributed by atoms with van der Waals surface area (Å²) in [5.41, 5.74) is 1.93. The van der Waals surface area contributed by atoms with Crippen molar-refractivity contribution in [1.82, 2.24) is 24.6 Å². The number of aryl methyl sites for hydroxylation is 1. The highest BCUT2D eigenvalue weighted by atomic mass is 35.5. The van der Waals surface area contributed by atoms with Crippen LogP contribution < -0.4 is 10.2 Å². The van der Waals surface area contributed by atoms with E-state index in [0.29, 0.717) is 43.1 Å². The van der Waals surface area contributed by atoms with E-state index in [2.05, 4.69) is 25.4 Å². The molecule has 0 radical (unpaired) electrons. The molecule has 0 spiro atoms. The van der Waals surface area contributed by atoms with Crippen LogP contribution in [-0.4, -0.2) is 43.7 Å². The second kappa shape index (κ2) is 8.95. The predicted octanol–water partition coefficient (Wildman–Crippen LogP) is 5.39. The second-order valence-corrected chi connectivity index (χ2v) is 8.83. The Bertz CT molecular complexity index is 1380. The van der Waals surface area contributed by atoms with Crippen molar-refractivity contribution in [2.24, 2.45) is 0 Å². The SMILES string of the molecule is Cc1cc(-c2ccc(F)cc2Cl)c2nc(NC3CCN(c4cc(C(F)(F)F)ncn4)CC3)nn2c1. The maximum Gasteiger partial charge on any atom is 0.433 e. The first-order valence-electron chi connectivity index (χ1n) is 10.9. The molecule has 182 valence electrons. The van der Waals surface area contributed by atoms with Gasteiger partial charge in [-0.1, -0.05) is 11.6 Å². The molecule has 12 heteroatoms. The van der Waals surface area contributed by atoms with Crippen LogP contribution in [0.4, 0.5) is 29.3 Å². The molecule has 0 saturated carbocycles. The van der Waals surface area contributed by atoms with Crippen LogP contribution in [0, 0.1) is 12.7 Å². The van der Waals surface area contributed by atoms with Gasteiger partial charge in [0.1, 0.15) is 23.7 Å². The highest BCUT2D eigenvalue weighted by Gasteiger charge is 2.33. The molecule has 0 amide bonds. The van der Waals surface area contributed by atoms with Crippen molar-refractivity contribution in [3.8, 4) is 11.1 Å². The van der Waals surface area contributed by atoms with E-state index >= 15 is 0 Å². The first kappa shape index (κ1) is 23.3. The molecule has 0 atom stereocenters. The van der Waals surface area contributed by atoms with E-state index in [9.17, 15) is 17.6 Å². The number of halogens is 5. The second-order valence-electron chi connectivity index (χ2n) is 8.42. The molecular weight excluding hydrogens is 486 g/mol. The van der Waals surface area contributed by atoms with Crippen molar-refractivity contribution in [3.63, 3.8) is 0 Å². The fourth-order valence-corrected chi connectivity index (χ4v) is 4.47. The molecule has 0 unspecified atom stereocenters. The van der Waals surface area contributed by atoms with E-state index in [1.165, 1.54) is 12.1 Å². The van der Waals surface area contributed by atoms with E-state index in [-0.39, 0.29) is 16.9 Å². The lowest BCUT2D eigenvalue weighted by molar-refractivity contribution is -0.141. The molecule has 3 aromatic heterocycles. The number of aromatic nitrogens is 5. The number of pyridine rings is 1. The topological polar surface area (TPSA) is 71.2 Å². The Morgan fingerprint density at radius 1 is 1.06 bits per heavy atom. The number of hydrogen-bond acceptors (Lipinski definition) is 6. The Labute approximate surface area is 202 Å². The number of rotatable bonds is 4. The van der Waals surface area contributed by atoms with E-state index in [4.69, 9.17) is 11.6 Å². The van der Waals surface area contributed by atoms with E-state index < -0.39 is 17.7 Å². The Morgan fingerprint density at radius 3 is 2.54 bits per heavy atom. The van der Waals surface area contributed by atoms with Gasteiger partial charge in [0, 0.05) is 42.5 Å². The molecule has 4 aromatic rings. The predicted molar refractivity (Wildman–Crippen MR) is 124 cm³/mol. The van der Waals surface area contributed by atoms with Crippen LogP contribution >= 0.6 is 11.6 Å². The summed E-state index contributed by atoms with van der Waals surface area (Å²) < 4.78 is 54.1. The molecule has 1 aliphatic rings. The molecular formula is C23H20ClF4N7. The quantitative estimate of drug-likeness (QED) is 0.375. The van der Waals surface area contributed by atoms with Gasteiger partial charge in [-0.05, 0) is 49.6 Å². The van der Waals surface area contributed by atoms with Gasteiger partial charge in [-0.25, -0.2) is 18.9 Å². The summed E-state index contributed by atoms with van der Waals surface area (Å²) in [5, 5.41) is 8.14. The molecule has 1 saturated heterocycles. The van der Waals surface area contributed by atoms with Gasteiger partial charge in [0.15, 0.2) is 5.65 Å². The number of nitrogens with one attached hydrogen (secondary N) is 1. The third kappa shape index (κ3) is 4.86. The first-order chi connectivity index (χ1) is 16.7. The van der Waals surface area contributed by atoms with E-state index in [1.54, 1.807) is 10.6 Å². The molecule has 1 aromatic carbocycles. The van der Waals surface area contributed by atoms with Gasteiger partial charge in [0.25, 0.3) is 0 Å².